The summed E-state index contributed by atoms with van der Waals surface area (Å²) in [7, 11) is 0. The Hall–Kier alpha value is -2.77. The molecule has 6 nitrogen and oxygen atoms in total. The summed E-state index contributed by atoms with van der Waals surface area (Å²) in [5.74, 6) is -0.421. The molecule has 1 N–H and O–H groups in total. The predicted molar refractivity (Wildman–Crippen MR) is 138 cm³/mol. The molecule has 2 aliphatic heterocycles. The van der Waals surface area contributed by atoms with Crippen molar-refractivity contribution < 1.29 is 13.9 Å². The third-order valence-electron chi connectivity index (χ3n) is 7.14. The van der Waals surface area contributed by atoms with Crippen LogP contribution >= 0.6 is 0 Å². The Kier molecular flexibility index (Phi) is 8.52. The van der Waals surface area contributed by atoms with Gasteiger partial charge in [0.2, 0.25) is 5.91 Å². The second-order valence-electron chi connectivity index (χ2n) is 9.55. The number of benzene rings is 2. The van der Waals surface area contributed by atoms with E-state index in [1.54, 1.807) is 12.1 Å². The highest BCUT2D eigenvalue weighted by molar-refractivity contribution is 6.10. The minimum absolute atomic E-state index is 0.0229. The van der Waals surface area contributed by atoms with E-state index in [-0.39, 0.29) is 17.6 Å². The van der Waals surface area contributed by atoms with Crippen molar-refractivity contribution in [2.24, 2.45) is 11.0 Å². The number of hydrogen-bond donors (Lipinski definition) is 1. The first-order valence-electron chi connectivity index (χ1n) is 12.8. The molecule has 0 aromatic heterocycles. The zero-order valence-corrected chi connectivity index (χ0v) is 20.9. The third-order valence-corrected chi connectivity index (χ3v) is 7.14. The zero-order valence-electron chi connectivity index (χ0n) is 20.9. The van der Waals surface area contributed by atoms with Crippen molar-refractivity contribution in [2.75, 3.05) is 44.4 Å². The van der Waals surface area contributed by atoms with Gasteiger partial charge in [-0.25, -0.2) is 9.40 Å². The van der Waals surface area contributed by atoms with Crippen LogP contribution in [0.4, 0.5) is 10.1 Å². The number of morpholine rings is 1. The Morgan fingerprint density at radius 1 is 1.11 bits per heavy atom. The SMILES string of the molecule is CCCCC1C(c2ccc(F)cc2)=NN(c2ccccc2)C1(C)C(=O)NCCCN1CCOCC1. The molecule has 1 saturated heterocycles. The molecule has 0 spiro atoms. The fourth-order valence-electron chi connectivity index (χ4n) is 5.06. The molecule has 1 amide bonds. The Morgan fingerprint density at radius 2 is 1.83 bits per heavy atom. The number of para-hydroxylation sites is 1. The topological polar surface area (TPSA) is 57.2 Å². The summed E-state index contributed by atoms with van der Waals surface area (Å²) in [6.07, 6.45) is 3.72. The van der Waals surface area contributed by atoms with Gasteiger partial charge in [-0.1, -0.05) is 50.1 Å². The van der Waals surface area contributed by atoms with E-state index in [2.05, 4.69) is 17.1 Å². The summed E-state index contributed by atoms with van der Waals surface area (Å²) >= 11 is 0. The quantitative estimate of drug-likeness (QED) is 0.511. The number of anilines is 1. The predicted octanol–water partition coefficient (Wildman–Crippen LogP) is 4.45. The molecule has 4 rings (SSSR count). The highest BCUT2D eigenvalue weighted by atomic mass is 19.1. The summed E-state index contributed by atoms with van der Waals surface area (Å²) in [5, 5.41) is 10.1. The van der Waals surface area contributed by atoms with Gasteiger partial charge in [-0.2, -0.15) is 5.10 Å². The lowest BCUT2D eigenvalue weighted by Crippen LogP contribution is -2.58. The van der Waals surface area contributed by atoms with Gasteiger partial charge in [-0.15, -0.1) is 0 Å². The Morgan fingerprint density at radius 3 is 2.51 bits per heavy atom. The molecule has 0 bridgehead atoms. The van der Waals surface area contributed by atoms with E-state index in [1.807, 2.05) is 42.3 Å². The van der Waals surface area contributed by atoms with Crippen LogP contribution in [0.1, 0.15) is 45.1 Å². The van der Waals surface area contributed by atoms with Crippen LogP contribution in [0.15, 0.2) is 59.7 Å². The van der Waals surface area contributed by atoms with Gasteiger partial charge in [0.15, 0.2) is 0 Å². The van der Waals surface area contributed by atoms with Gasteiger partial charge in [0, 0.05) is 25.6 Å². The van der Waals surface area contributed by atoms with E-state index < -0.39 is 5.54 Å². The van der Waals surface area contributed by atoms with E-state index in [9.17, 15) is 9.18 Å². The van der Waals surface area contributed by atoms with Crippen molar-refractivity contribution in [3.05, 3.63) is 66.0 Å². The number of halogens is 1. The molecule has 7 heteroatoms. The summed E-state index contributed by atoms with van der Waals surface area (Å²) in [5.41, 5.74) is 1.68. The molecule has 2 aromatic carbocycles. The first-order valence-corrected chi connectivity index (χ1v) is 12.8. The lowest BCUT2D eigenvalue weighted by Gasteiger charge is -2.38. The third kappa shape index (κ3) is 5.73. The van der Waals surface area contributed by atoms with E-state index in [1.165, 1.54) is 12.1 Å². The lowest BCUT2D eigenvalue weighted by atomic mass is 9.77. The minimum Gasteiger partial charge on any atom is -0.379 e. The average Bonchev–Trinajstić information content (AvgIpc) is 3.20. The molecule has 2 atom stereocenters. The van der Waals surface area contributed by atoms with Gasteiger partial charge in [-0.05, 0) is 56.1 Å². The molecule has 35 heavy (non-hydrogen) atoms. The molecule has 188 valence electrons. The number of nitrogens with zero attached hydrogens (tertiary/aromatic N) is 3. The van der Waals surface area contributed by atoms with Crippen LogP contribution in [-0.4, -0.2) is 61.5 Å². The van der Waals surface area contributed by atoms with Crippen molar-refractivity contribution in [2.45, 2.75) is 45.1 Å². The van der Waals surface area contributed by atoms with Crippen LogP contribution in [0.5, 0.6) is 0 Å². The van der Waals surface area contributed by atoms with Crippen molar-refractivity contribution in [1.82, 2.24) is 10.2 Å². The summed E-state index contributed by atoms with van der Waals surface area (Å²) < 4.78 is 19.1. The second kappa shape index (κ2) is 11.8. The number of carbonyl (C=O) groups is 1. The van der Waals surface area contributed by atoms with Crippen LogP contribution in [0.3, 0.4) is 0 Å². The maximum Gasteiger partial charge on any atom is 0.248 e. The largest absolute Gasteiger partial charge is 0.379 e. The van der Waals surface area contributed by atoms with Gasteiger partial charge in [0.25, 0.3) is 0 Å². The zero-order chi connectivity index (χ0) is 24.7. The van der Waals surface area contributed by atoms with Gasteiger partial charge < -0.3 is 10.1 Å². The smallest absolute Gasteiger partial charge is 0.248 e. The Labute approximate surface area is 208 Å². The Bertz CT molecular complexity index is 992. The van der Waals surface area contributed by atoms with Crippen LogP contribution in [0.2, 0.25) is 0 Å². The lowest BCUT2D eigenvalue weighted by molar-refractivity contribution is -0.126. The molecule has 2 aliphatic rings. The summed E-state index contributed by atoms with van der Waals surface area (Å²) in [6.45, 7) is 9.15. The standard InChI is InChI=1S/C28H37FN4O2/c1-3-4-11-25-26(22-12-14-23(29)15-13-22)31-33(24-9-6-5-7-10-24)28(25,2)27(34)30-16-8-17-32-18-20-35-21-19-32/h5-7,9-10,12-15,25H,3-4,8,11,16-21H2,1-2H3,(H,30,34). The number of hydrogen-bond acceptors (Lipinski definition) is 5. The highest BCUT2D eigenvalue weighted by Crippen LogP contribution is 2.41. The number of hydrazone groups is 1. The second-order valence-corrected chi connectivity index (χ2v) is 9.55. The maximum atomic E-state index is 13.9. The van der Waals surface area contributed by atoms with Gasteiger partial charge in [0.1, 0.15) is 11.4 Å². The molecule has 2 heterocycles. The van der Waals surface area contributed by atoms with Crippen LogP contribution < -0.4 is 10.3 Å². The van der Waals surface area contributed by atoms with Crippen molar-refractivity contribution in [3.8, 4) is 0 Å². The molecular weight excluding hydrogens is 443 g/mol. The normalized spacial score (nSPS) is 22.8. The van der Waals surface area contributed by atoms with Crippen LogP contribution in [0, 0.1) is 11.7 Å². The van der Waals surface area contributed by atoms with Crippen molar-refractivity contribution >= 4 is 17.3 Å². The monoisotopic (exact) mass is 480 g/mol. The summed E-state index contributed by atoms with van der Waals surface area (Å²) in [4.78, 5) is 16.3. The van der Waals surface area contributed by atoms with Crippen molar-refractivity contribution in [1.29, 1.82) is 0 Å². The molecule has 0 radical (unpaired) electrons. The molecule has 0 saturated carbocycles. The van der Waals surface area contributed by atoms with Gasteiger partial charge in [0.05, 0.1) is 24.6 Å². The van der Waals surface area contributed by atoms with Crippen LogP contribution in [0.25, 0.3) is 0 Å². The van der Waals surface area contributed by atoms with E-state index in [0.29, 0.717) is 6.54 Å². The fourth-order valence-corrected chi connectivity index (χ4v) is 5.06. The average molecular weight is 481 g/mol. The van der Waals surface area contributed by atoms with Gasteiger partial charge in [-0.3, -0.25) is 9.69 Å². The van der Waals surface area contributed by atoms with Gasteiger partial charge >= 0.3 is 0 Å². The number of amides is 1. The molecule has 2 unspecified atom stereocenters. The number of nitrogens with one attached hydrogen (secondary N) is 1. The molecular formula is C28H37FN4O2. The fraction of sp³-hybridized carbons (Fsp3) is 0.500. The van der Waals surface area contributed by atoms with Crippen molar-refractivity contribution in [3.63, 3.8) is 0 Å². The van der Waals surface area contributed by atoms with Crippen LogP contribution in [-0.2, 0) is 9.53 Å². The van der Waals surface area contributed by atoms with E-state index in [4.69, 9.17) is 9.84 Å². The number of rotatable bonds is 10. The number of carbonyl (C=O) groups excluding carboxylic acids is 1. The van der Waals surface area contributed by atoms with E-state index >= 15 is 0 Å². The molecule has 1 fully saturated rings. The van der Waals surface area contributed by atoms with E-state index in [0.717, 1.165) is 75.5 Å². The first kappa shape index (κ1) is 25.3. The Balaban J connectivity index is 1.58. The maximum absolute atomic E-state index is 13.9. The number of unbranched alkanes of at least 4 members (excludes halogenated alkanes) is 1. The highest BCUT2D eigenvalue weighted by Gasteiger charge is 2.53. The molecule has 0 aliphatic carbocycles. The minimum atomic E-state index is -0.890. The summed E-state index contributed by atoms with van der Waals surface area (Å²) in [6, 6.07) is 16.3. The first-order chi connectivity index (χ1) is 17.0. The molecule has 2 aromatic rings. The number of ether oxygens (including phenoxy) is 1.